The Morgan fingerprint density at radius 1 is 1.30 bits per heavy atom. The van der Waals surface area contributed by atoms with Gasteiger partial charge in [0.25, 0.3) is 0 Å². The van der Waals surface area contributed by atoms with Crippen LogP contribution in [0.2, 0.25) is 5.02 Å². The van der Waals surface area contributed by atoms with Gasteiger partial charge in [-0.05, 0) is 49.6 Å². The van der Waals surface area contributed by atoms with Crippen molar-refractivity contribution in [3.8, 4) is 0 Å². The van der Waals surface area contributed by atoms with E-state index in [1.54, 1.807) is 13.2 Å². The zero-order chi connectivity index (χ0) is 15.2. The van der Waals surface area contributed by atoms with Crippen molar-refractivity contribution in [1.29, 1.82) is 0 Å². The Kier molecular flexibility index (Phi) is 6.93. The highest BCUT2D eigenvalue weighted by atomic mass is 35.5. The monoisotopic (exact) mass is 301 g/mol. The van der Waals surface area contributed by atoms with Crippen molar-refractivity contribution in [2.75, 3.05) is 13.7 Å². The normalized spacial score (nSPS) is 13.5. The van der Waals surface area contributed by atoms with Crippen molar-refractivity contribution >= 4 is 11.6 Å². The molecule has 0 aliphatic rings. The smallest absolute Gasteiger partial charge is 0.123 e. The largest absolute Gasteiger partial charge is 0.377 e. The fourth-order valence-electron chi connectivity index (χ4n) is 2.78. The van der Waals surface area contributed by atoms with Crippen LogP contribution < -0.4 is 5.32 Å². The number of benzene rings is 1. The fourth-order valence-corrected chi connectivity index (χ4v) is 2.98. The van der Waals surface area contributed by atoms with Crippen LogP contribution in [0.15, 0.2) is 18.2 Å². The highest BCUT2D eigenvalue weighted by Crippen LogP contribution is 2.29. The topological polar surface area (TPSA) is 21.3 Å². The van der Waals surface area contributed by atoms with Crippen LogP contribution in [0.3, 0.4) is 0 Å². The lowest BCUT2D eigenvalue weighted by Crippen LogP contribution is -2.52. The maximum atomic E-state index is 13.4. The molecule has 0 saturated carbocycles. The summed E-state index contributed by atoms with van der Waals surface area (Å²) in [6.07, 6.45) is 2.44. The van der Waals surface area contributed by atoms with Crippen molar-refractivity contribution in [3.05, 3.63) is 34.6 Å². The molecule has 1 aromatic rings. The molecule has 1 N–H and O–H groups in total. The minimum atomic E-state index is -0.258. The average Bonchev–Trinajstić information content (AvgIpc) is 2.45. The second-order valence-corrected chi connectivity index (χ2v) is 5.43. The SMILES string of the molecule is CCNC(Cc1cc(F)ccc1Cl)C(CC)(CC)OC. The van der Waals surface area contributed by atoms with E-state index in [-0.39, 0.29) is 17.5 Å². The molecule has 0 aliphatic heterocycles. The summed E-state index contributed by atoms with van der Waals surface area (Å²) in [5, 5.41) is 4.07. The summed E-state index contributed by atoms with van der Waals surface area (Å²) in [5.74, 6) is -0.254. The Hall–Kier alpha value is -0.640. The maximum absolute atomic E-state index is 13.4. The summed E-state index contributed by atoms with van der Waals surface area (Å²) in [6.45, 7) is 7.13. The van der Waals surface area contributed by atoms with Crippen LogP contribution in [0, 0.1) is 5.82 Å². The van der Waals surface area contributed by atoms with Gasteiger partial charge in [-0.1, -0.05) is 32.4 Å². The summed E-state index contributed by atoms with van der Waals surface area (Å²) < 4.78 is 19.2. The third-order valence-electron chi connectivity index (χ3n) is 4.12. The van der Waals surface area contributed by atoms with E-state index in [9.17, 15) is 4.39 Å². The van der Waals surface area contributed by atoms with Crippen LogP contribution in [-0.2, 0) is 11.2 Å². The quantitative estimate of drug-likeness (QED) is 0.777. The minimum absolute atomic E-state index is 0.104. The third-order valence-corrected chi connectivity index (χ3v) is 4.49. The van der Waals surface area contributed by atoms with Crippen molar-refractivity contribution in [2.24, 2.45) is 0 Å². The van der Waals surface area contributed by atoms with Gasteiger partial charge in [0, 0.05) is 18.2 Å². The van der Waals surface area contributed by atoms with Crippen LogP contribution in [0.25, 0.3) is 0 Å². The molecule has 0 saturated heterocycles. The van der Waals surface area contributed by atoms with Gasteiger partial charge in [0.05, 0.1) is 5.60 Å². The Balaban J connectivity index is 3.05. The first-order valence-electron chi connectivity index (χ1n) is 7.25. The van der Waals surface area contributed by atoms with Crippen LogP contribution in [0.4, 0.5) is 4.39 Å². The lowest BCUT2D eigenvalue weighted by molar-refractivity contribution is -0.0468. The van der Waals surface area contributed by atoms with E-state index in [0.717, 1.165) is 24.9 Å². The van der Waals surface area contributed by atoms with E-state index < -0.39 is 0 Å². The lowest BCUT2D eigenvalue weighted by atomic mass is 9.84. The molecule has 1 aromatic carbocycles. The van der Waals surface area contributed by atoms with Crippen LogP contribution in [0.5, 0.6) is 0 Å². The number of hydrogen-bond donors (Lipinski definition) is 1. The first kappa shape index (κ1) is 17.4. The van der Waals surface area contributed by atoms with Gasteiger partial charge in [-0.15, -0.1) is 0 Å². The summed E-state index contributed by atoms with van der Waals surface area (Å²) in [6, 6.07) is 4.61. The Labute approximate surface area is 126 Å². The Morgan fingerprint density at radius 2 is 1.95 bits per heavy atom. The van der Waals surface area contributed by atoms with E-state index >= 15 is 0 Å². The standard InChI is InChI=1S/C16H25ClFNO/c1-5-16(6-2,20-4)15(19-7-3)11-12-10-13(18)8-9-14(12)17/h8-10,15,19H,5-7,11H2,1-4H3. The summed E-state index contributed by atoms with van der Waals surface area (Å²) in [5.41, 5.74) is 0.562. The molecule has 4 heteroatoms. The van der Waals surface area contributed by atoms with Crippen molar-refractivity contribution in [2.45, 2.75) is 51.7 Å². The van der Waals surface area contributed by atoms with Crippen LogP contribution in [0.1, 0.15) is 39.2 Å². The lowest BCUT2D eigenvalue weighted by Gasteiger charge is -2.39. The summed E-state index contributed by atoms with van der Waals surface area (Å²) in [7, 11) is 1.74. The molecular formula is C16H25ClFNO. The van der Waals surface area contributed by atoms with Gasteiger partial charge in [-0.2, -0.15) is 0 Å². The fraction of sp³-hybridized carbons (Fsp3) is 0.625. The third kappa shape index (κ3) is 3.94. The molecule has 114 valence electrons. The number of rotatable bonds is 8. The van der Waals surface area contributed by atoms with Gasteiger partial charge in [-0.25, -0.2) is 4.39 Å². The number of halogens is 2. The van der Waals surface area contributed by atoms with Gasteiger partial charge in [0.1, 0.15) is 5.82 Å². The zero-order valence-corrected chi connectivity index (χ0v) is 13.6. The summed E-state index contributed by atoms with van der Waals surface area (Å²) in [4.78, 5) is 0. The van der Waals surface area contributed by atoms with E-state index in [1.807, 2.05) is 0 Å². The predicted octanol–water partition coefficient (Wildman–Crippen LogP) is 4.20. The van der Waals surface area contributed by atoms with Crippen molar-refractivity contribution in [1.82, 2.24) is 5.32 Å². The van der Waals surface area contributed by atoms with Gasteiger partial charge >= 0.3 is 0 Å². The molecule has 0 heterocycles. The zero-order valence-electron chi connectivity index (χ0n) is 12.8. The molecule has 0 aromatic heterocycles. The first-order chi connectivity index (χ1) is 9.52. The Morgan fingerprint density at radius 3 is 2.45 bits per heavy atom. The first-order valence-corrected chi connectivity index (χ1v) is 7.63. The predicted molar refractivity (Wildman–Crippen MR) is 82.9 cm³/mol. The van der Waals surface area contributed by atoms with E-state index in [0.29, 0.717) is 11.4 Å². The molecule has 0 radical (unpaired) electrons. The molecule has 1 unspecified atom stereocenters. The second-order valence-electron chi connectivity index (χ2n) is 5.03. The molecule has 0 bridgehead atoms. The number of ether oxygens (including phenoxy) is 1. The van der Waals surface area contributed by atoms with E-state index in [2.05, 4.69) is 26.1 Å². The van der Waals surface area contributed by atoms with Gasteiger partial charge in [0.15, 0.2) is 0 Å². The molecule has 0 spiro atoms. The highest BCUT2D eigenvalue weighted by Gasteiger charge is 2.35. The summed E-state index contributed by atoms with van der Waals surface area (Å²) >= 11 is 6.18. The van der Waals surface area contributed by atoms with Crippen molar-refractivity contribution in [3.63, 3.8) is 0 Å². The number of likely N-dealkylation sites (N-methyl/N-ethyl adjacent to an activating group) is 1. The number of hydrogen-bond acceptors (Lipinski definition) is 2. The average molecular weight is 302 g/mol. The number of methoxy groups -OCH3 is 1. The molecule has 20 heavy (non-hydrogen) atoms. The van der Waals surface area contributed by atoms with Crippen LogP contribution in [-0.4, -0.2) is 25.3 Å². The van der Waals surface area contributed by atoms with E-state index in [1.165, 1.54) is 12.1 Å². The molecule has 1 atom stereocenters. The van der Waals surface area contributed by atoms with Gasteiger partial charge in [-0.3, -0.25) is 0 Å². The molecule has 0 aliphatic carbocycles. The molecule has 1 rings (SSSR count). The minimum Gasteiger partial charge on any atom is -0.377 e. The maximum Gasteiger partial charge on any atom is 0.123 e. The van der Waals surface area contributed by atoms with Crippen LogP contribution >= 0.6 is 11.6 Å². The van der Waals surface area contributed by atoms with Gasteiger partial charge < -0.3 is 10.1 Å². The second kappa shape index (κ2) is 7.96. The number of nitrogens with one attached hydrogen (secondary N) is 1. The highest BCUT2D eigenvalue weighted by molar-refractivity contribution is 6.31. The van der Waals surface area contributed by atoms with Gasteiger partial charge in [0.2, 0.25) is 0 Å². The molecule has 2 nitrogen and oxygen atoms in total. The Bertz CT molecular complexity index is 413. The molecular weight excluding hydrogens is 277 g/mol. The molecule has 0 fully saturated rings. The van der Waals surface area contributed by atoms with Crippen molar-refractivity contribution < 1.29 is 9.13 Å². The molecule has 0 amide bonds. The van der Waals surface area contributed by atoms with E-state index in [4.69, 9.17) is 16.3 Å².